The van der Waals surface area contributed by atoms with Crippen LogP contribution in [-0.2, 0) is 0 Å². The number of methoxy groups -OCH3 is 1. The second-order valence-electron chi connectivity index (χ2n) is 5.99. The number of hydrogen-bond acceptors (Lipinski definition) is 4. The van der Waals surface area contributed by atoms with E-state index in [2.05, 4.69) is 20.3 Å². The molecule has 0 amide bonds. The zero-order valence-corrected chi connectivity index (χ0v) is 16.2. The first-order valence-corrected chi connectivity index (χ1v) is 8.70. The lowest BCUT2D eigenvalue weighted by molar-refractivity contribution is -0.0498. The van der Waals surface area contributed by atoms with E-state index in [4.69, 9.17) is 17.0 Å². The van der Waals surface area contributed by atoms with Gasteiger partial charge in [0.05, 0.1) is 13.2 Å². The van der Waals surface area contributed by atoms with Crippen molar-refractivity contribution in [3.8, 4) is 11.5 Å². The molecule has 2 N–H and O–H groups in total. The number of hydrogen-bond donors (Lipinski definition) is 2. The summed E-state index contributed by atoms with van der Waals surface area (Å²) >= 11 is 5.32. The molecule has 0 aromatic heterocycles. The Balaban J connectivity index is 1.91. The molecular formula is C19H23F2N3O2S. The number of alkyl halides is 2. The summed E-state index contributed by atoms with van der Waals surface area (Å²) in [7, 11) is 5.62. The molecule has 8 heteroatoms. The summed E-state index contributed by atoms with van der Waals surface area (Å²) in [6.07, 6.45) is 0. The van der Waals surface area contributed by atoms with Crippen LogP contribution < -0.4 is 20.1 Å². The first-order chi connectivity index (χ1) is 12.9. The van der Waals surface area contributed by atoms with E-state index < -0.39 is 6.61 Å². The van der Waals surface area contributed by atoms with E-state index >= 15 is 0 Å². The van der Waals surface area contributed by atoms with Crippen molar-refractivity contribution in [1.29, 1.82) is 0 Å². The van der Waals surface area contributed by atoms with Crippen LogP contribution in [0.4, 0.5) is 14.5 Å². The van der Waals surface area contributed by atoms with E-state index in [0.717, 1.165) is 11.3 Å². The normalized spacial score (nSPS) is 12.0. The number of benzene rings is 2. The third-order valence-electron chi connectivity index (χ3n) is 3.92. The molecule has 0 aliphatic heterocycles. The van der Waals surface area contributed by atoms with Crippen molar-refractivity contribution in [3.63, 3.8) is 0 Å². The summed E-state index contributed by atoms with van der Waals surface area (Å²) in [6, 6.07) is 14.1. The summed E-state index contributed by atoms with van der Waals surface area (Å²) in [5.74, 6) is 0.905. The lowest BCUT2D eigenvalue weighted by Crippen LogP contribution is -2.36. The molecule has 27 heavy (non-hydrogen) atoms. The van der Waals surface area contributed by atoms with E-state index in [1.807, 2.05) is 38.4 Å². The van der Waals surface area contributed by atoms with Gasteiger partial charge in [-0.25, -0.2) is 0 Å². The summed E-state index contributed by atoms with van der Waals surface area (Å²) in [6.45, 7) is -2.25. The lowest BCUT2D eigenvalue weighted by Gasteiger charge is -2.26. The van der Waals surface area contributed by atoms with Crippen LogP contribution in [0.15, 0.2) is 48.5 Å². The molecule has 2 aromatic carbocycles. The fraction of sp³-hybridized carbons (Fsp3) is 0.316. The Morgan fingerprint density at radius 1 is 1.04 bits per heavy atom. The number of rotatable bonds is 8. The van der Waals surface area contributed by atoms with E-state index in [0.29, 0.717) is 17.3 Å². The van der Waals surface area contributed by atoms with Gasteiger partial charge >= 0.3 is 6.61 Å². The largest absolute Gasteiger partial charge is 0.497 e. The first kappa shape index (κ1) is 20.9. The van der Waals surface area contributed by atoms with Crippen molar-refractivity contribution in [2.24, 2.45) is 0 Å². The third kappa shape index (κ3) is 6.65. The molecule has 0 fully saturated rings. The smallest absolute Gasteiger partial charge is 0.387 e. The Bertz CT molecular complexity index is 725. The number of ether oxygens (including phenoxy) is 2. The van der Waals surface area contributed by atoms with Gasteiger partial charge in [-0.2, -0.15) is 8.78 Å². The number of thiocarbonyl (C=S) groups is 1. The molecular weight excluding hydrogens is 372 g/mol. The Hall–Kier alpha value is -2.45. The zero-order valence-electron chi connectivity index (χ0n) is 15.4. The molecule has 0 spiro atoms. The molecule has 0 saturated heterocycles. The minimum atomic E-state index is -2.84. The molecule has 0 unspecified atom stereocenters. The van der Waals surface area contributed by atoms with E-state index in [1.54, 1.807) is 19.2 Å². The Kier molecular flexibility index (Phi) is 7.75. The van der Waals surface area contributed by atoms with Gasteiger partial charge in [0.15, 0.2) is 5.11 Å². The predicted molar refractivity (Wildman–Crippen MR) is 107 cm³/mol. The highest BCUT2D eigenvalue weighted by atomic mass is 32.1. The Labute approximate surface area is 163 Å². The van der Waals surface area contributed by atoms with Crippen LogP contribution in [0.25, 0.3) is 0 Å². The number of anilines is 1. The predicted octanol–water partition coefficient (Wildman–Crippen LogP) is 3.89. The standard InChI is InChI=1S/C19H23F2N3O2S/c1-24(2)17(13-4-8-15(25-3)9-5-13)12-22-19(27)23-14-6-10-16(11-7-14)26-18(20)21/h4-11,17-18H,12H2,1-3H3,(H2,22,23,27)/t17-/m0/s1. The van der Waals surface area contributed by atoms with Gasteiger partial charge in [0.1, 0.15) is 11.5 Å². The van der Waals surface area contributed by atoms with E-state index in [-0.39, 0.29) is 11.8 Å². The van der Waals surface area contributed by atoms with Gasteiger partial charge in [-0.3, -0.25) is 0 Å². The second-order valence-corrected chi connectivity index (χ2v) is 6.40. The van der Waals surface area contributed by atoms with Gasteiger partial charge in [-0.05, 0) is 68.3 Å². The second kappa shape index (κ2) is 10.0. The molecule has 0 saturated carbocycles. The number of likely N-dealkylation sites (N-methyl/N-ethyl adjacent to an activating group) is 1. The van der Waals surface area contributed by atoms with Crippen LogP contribution in [0.1, 0.15) is 11.6 Å². The lowest BCUT2D eigenvalue weighted by atomic mass is 10.1. The average Bonchev–Trinajstić information content (AvgIpc) is 2.63. The van der Waals surface area contributed by atoms with Crippen LogP contribution in [0.2, 0.25) is 0 Å². The van der Waals surface area contributed by atoms with Crippen LogP contribution in [-0.4, -0.2) is 44.4 Å². The third-order valence-corrected chi connectivity index (χ3v) is 4.16. The highest BCUT2D eigenvalue weighted by Crippen LogP contribution is 2.21. The zero-order chi connectivity index (χ0) is 19.8. The van der Waals surface area contributed by atoms with E-state index in [1.165, 1.54) is 12.1 Å². The van der Waals surface area contributed by atoms with Crippen molar-refractivity contribution in [2.45, 2.75) is 12.7 Å². The molecule has 2 rings (SSSR count). The van der Waals surface area contributed by atoms with Gasteiger partial charge in [-0.15, -0.1) is 0 Å². The van der Waals surface area contributed by atoms with Crippen LogP contribution in [0, 0.1) is 0 Å². The molecule has 0 radical (unpaired) electrons. The fourth-order valence-electron chi connectivity index (χ4n) is 2.51. The summed E-state index contributed by atoms with van der Waals surface area (Å²) in [5, 5.41) is 6.65. The summed E-state index contributed by atoms with van der Waals surface area (Å²) < 4.78 is 33.9. The number of nitrogens with zero attached hydrogens (tertiary/aromatic N) is 1. The number of nitrogens with one attached hydrogen (secondary N) is 2. The molecule has 146 valence electrons. The maximum atomic E-state index is 12.2. The molecule has 2 aromatic rings. The quantitative estimate of drug-likeness (QED) is 0.662. The van der Waals surface area contributed by atoms with Crippen molar-refractivity contribution < 1.29 is 18.3 Å². The van der Waals surface area contributed by atoms with Gasteiger partial charge in [0.2, 0.25) is 0 Å². The maximum absolute atomic E-state index is 12.2. The highest BCUT2D eigenvalue weighted by molar-refractivity contribution is 7.80. The monoisotopic (exact) mass is 395 g/mol. The maximum Gasteiger partial charge on any atom is 0.387 e. The van der Waals surface area contributed by atoms with Gasteiger partial charge in [0, 0.05) is 12.2 Å². The topological polar surface area (TPSA) is 45.8 Å². The Morgan fingerprint density at radius 2 is 1.63 bits per heavy atom. The molecule has 0 aliphatic carbocycles. The van der Waals surface area contributed by atoms with Crippen molar-refractivity contribution in [2.75, 3.05) is 33.1 Å². The Morgan fingerprint density at radius 3 is 2.15 bits per heavy atom. The summed E-state index contributed by atoms with van der Waals surface area (Å²) in [4.78, 5) is 2.09. The molecule has 5 nitrogen and oxygen atoms in total. The summed E-state index contributed by atoms with van der Waals surface area (Å²) in [5.41, 5.74) is 1.81. The highest BCUT2D eigenvalue weighted by Gasteiger charge is 2.14. The van der Waals surface area contributed by atoms with E-state index in [9.17, 15) is 8.78 Å². The van der Waals surface area contributed by atoms with Crippen molar-refractivity contribution in [1.82, 2.24) is 10.2 Å². The van der Waals surface area contributed by atoms with Gasteiger partial charge in [0.25, 0.3) is 0 Å². The number of halogens is 2. The van der Waals surface area contributed by atoms with Crippen molar-refractivity contribution >= 4 is 23.0 Å². The van der Waals surface area contributed by atoms with Crippen LogP contribution in [0.3, 0.4) is 0 Å². The molecule has 0 heterocycles. The SMILES string of the molecule is COc1ccc([C@H](CNC(=S)Nc2ccc(OC(F)F)cc2)N(C)C)cc1. The van der Waals surface area contributed by atoms with Crippen LogP contribution in [0.5, 0.6) is 11.5 Å². The first-order valence-electron chi connectivity index (χ1n) is 8.29. The molecule has 0 bridgehead atoms. The average molecular weight is 395 g/mol. The van der Waals surface area contributed by atoms with Gasteiger partial charge < -0.3 is 25.0 Å². The van der Waals surface area contributed by atoms with Gasteiger partial charge in [-0.1, -0.05) is 12.1 Å². The van der Waals surface area contributed by atoms with Crippen LogP contribution >= 0.6 is 12.2 Å². The molecule has 1 atom stereocenters. The molecule has 0 aliphatic rings. The van der Waals surface area contributed by atoms with Crippen molar-refractivity contribution in [3.05, 3.63) is 54.1 Å². The fourth-order valence-corrected chi connectivity index (χ4v) is 2.71. The minimum absolute atomic E-state index is 0.0987. The minimum Gasteiger partial charge on any atom is -0.497 e.